The van der Waals surface area contributed by atoms with Crippen molar-refractivity contribution in [3.63, 3.8) is 0 Å². The topological polar surface area (TPSA) is 96.3 Å². The summed E-state index contributed by atoms with van der Waals surface area (Å²) in [5.41, 5.74) is 3.27. The number of nitrogens with zero attached hydrogens (tertiary/aromatic N) is 3. The van der Waals surface area contributed by atoms with Crippen LogP contribution in [0.4, 0.5) is 5.69 Å². The van der Waals surface area contributed by atoms with Gasteiger partial charge in [-0.15, -0.1) is 0 Å². The molecule has 35 heavy (non-hydrogen) atoms. The van der Waals surface area contributed by atoms with Crippen molar-refractivity contribution in [2.24, 2.45) is 0 Å². The minimum Gasteiger partial charge on any atom is -0.351 e. The highest BCUT2D eigenvalue weighted by Gasteiger charge is 2.48. The van der Waals surface area contributed by atoms with E-state index in [1.807, 2.05) is 39.8 Å². The van der Waals surface area contributed by atoms with Crippen LogP contribution < -0.4 is 10.6 Å². The molecule has 4 rings (SSSR count). The molecule has 0 bridgehead atoms. The molecule has 1 unspecified atom stereocenters. The van der Waals surface area contributed by atoms with Crippen molar-refractivity contribution in [3.8, 4) is 0 Å². The van der Waals surface area contributed by atoms with Crippen LogP contribution in [0.15, 0.2) is 18.2 Å². The lowest BCUT2D eigenvalue weighted by Gasteiger charge is -2.43. The first-order valence-corrected chi connectivity index (χ1v) is 12.7. The van der Waals surface area contributed by atoms with Gasteiger partial charge < -0.3 is 15.5 Å². The summed E-state index contributed by atoms with van der Waals surface area (Å²) in [6, 6.07) is 5.74. The number of benzene rings is 1. The van der Waals surface area contributed by atoms with Crippen LogP contribution in [-0.2, 0) is 11.3 Å². The van der Waals surface area contributed by atoms with Gasteiger partial charge in [0, 0.05) is 24.3 Å². The first kappa shape index (κ1) is 24.9. The second-order valence-electron chi connectivity index (χ2n) is 10.3. The highest BCUT2D eigenvalue weighted by atomic mass is 16.2. The third-order valence-corrected chi connectivity index (χ3v) is 7.36. The zero-order chi connectivity index (χ0) is 25.3. The van der Waals surface area contributed by atoms with Crippen LogP contribution in [0.25, 0.3) is 0 Å². The van der Waals surface area contributed by atoms with Crippen molar-refractivity contribution in [3.05, 3.63) is 46.3 Å². The molecule has 1 fully saturated rings. The van der Waals surface area contributed by atoms with Crippen LogP contribution in [0.2, 0.25) is 0 Å². The monoisotopic (exact) mass is 479 g/mol. The highest BCUT2D eigenvalue weighted by molar-refractivity contribution is 6.06. The van der Waals surface area contributed by atoms with Gasteiger partial charge in [-0.05, 0) is 58.1 Å². The fraction of sp³-hybridized carbons (Fsp3) is 0.556. The molecule has 0 spiro atoms. The minimum absolute atomic E-state index is 0.146. The lowest BCUT2D eigenvalue weighted by atomic mass is 9.94. The van der Waals surface area contributed by atoms with Crippen LogP contribution in [-0.4, -0.2) is 50.5 Å². The smallest absolute Gasteiger partial charge is 0.276 e. The molecule has 0 saturated heterocycles. The predicted octanol–water partition coefficient (Wildman–Crippen LogP) is 4.13. The van der Waals surface area contributed by atoms with Crippen LogP contribution in [0.1, 0.15) is 90.0 Å². The maximum Gasteiger partial charge on any atom is 0.276 e. The molecule has 2 heterocycles. The Labute approximate surface area is 207 Å². The SMILES string of the molecule is CCCCN1C(=O)c2cc(C(=O)Nc3c(C)cc(C)cc3C)nn2CC1(C)C(=O)NC1CCCC1. The normalized spacial score (nSPS) is 20.1. The summed E-state index contributed by atoms with van der Waals surface area (Å²) in [5, 5.41) is 10.6. The van der Waals surface area contributed by atoms with Crippen LogP contribution in [0.5, 0.6) is 0 Å². The third kappa shape index (κ3) is 4.83. The van der Waals surface area contributed by atoms with Gasteiger partial charge in [-0.2, -0.15) is 5.10 Å². The number of amides is 3. The molecule has 1 aliphatic heterocycles. The van der Waals surface area contributed by atoms with Crippen LogP contribution in [0.3, 0.4) is 0 Å². The lowest BCUT2D eigenvalue weighted by Crippen LogP contribution is -2.65. The van der Waals surface area contributed by atoms with Gasteiger partial charge in [-0.25, -0.2) is 0 Å². The molecule has 1 saturated carbocycles. The van der Waals surface area contributed by atoms with Gasteiger partial charge in [-0.3, -0.25) is 19.1 Å². The fourth-order valence-corrected chi connectivity index (χ4v) is 5.38. The number of hydrogen-bond acceptors (Lipinski definition) is 4. The number of aromatic nitrogens is 2. The molecular weight excluding hydrogens is 442 g/mol. The van der Waals surface area contributed by atoms with E-state index in [4.69, 9.17) is 0 Å². The van der Waals surface area contributed by atoms with Gasteiger partial charge in [0.2, 0.25) is 5.91 Å². The molecule has 188 valence electrons. The van der Waals surface area contributed by atoms with Crippen molar-refractivity contribution < 1.29 is 14.4 Å². The largest absolute Gasteiger partial charge is 0.351 e. The molecule has 1 atom stereocenters. The molecular formula is C27H37N5O3. The Morgan fingerprint density at radius 1 is 1.11 bits per heavy atom. The number of fused-ring (bicyclic) bond motifs is 1. The third-order valence-electron chi connectivity index (χ3n) is 7.36. The van der Waals surface area contributed by atoms with E-state index >= 15 is 0 Å². The van der Waals surface area contributed by atoms with Crippen LogP contribution in [0, 0.1) is 20.8 Å². The average molecular weight is 480 g/mol. The first-order chi connectivity index (χ1) is 16.6. The van der Waals surface area contributed by atoms with E-state index in [2.05, 4.69) is 22.7 Å². The summed E-state index contributed by atoms with van der Waals surface area (Å²) in [5.74, 6) is -0.776. The van der Waals surface area contributed by atoms with Gasteiger partial charge in [0.15, 0.2) is 5.69 Å². The number of aryl methyl sites for hydroxylation is 3. The van der Waals surface area contributed by atoms with Gasteiger partial charge in [0.1, 0.15) is 11.2 Å². The number of unbranched alkanes of at least 4 members (excludes halogenated alkanes) is 1. The van der Waals surface area contributed by atoms with Crippen LogP contribution >= 0.6 is 0 Å². The molecule has 1 aromatic carbocycles. The van der Waals surface area contributed by atoms with Crippen molar-refractivity contribution >= 4 is 23.4 Å². The maximum atomic E-state index is 13.6. The molecule has 8 heteroatoms. The summed E-state index contributed by atoms with van der Waals surface area (Å²) in [6.07, 6.45) is 5.88. The molecule has 2 N–H and O–H groups in total. The Morgan fingerprint density at radius 2 is 1.77 bits per heavy atom. The Hall–Kier alpha value is -3.16. The summed E-state index contributed by atoms with van der Waals surface area (Å²) in [6.45, 7) is 10.5. The lowest BCUT2D eigenvalue weighted by molar-refractivity contribution is -0.133. The van der Waals surface area contributed by atoms with Crippen molar-refractivity contribution in [1.82, 2.24) is 20.0 Å². The Balaban J connectivity index is 1.62. The van der Waals surface area contributed by atoms with Crippen molar-refractivity contribution in [1.29, 1.82) is 0 Å². The highest BCUT2D eigenvalue weighted by Crippen LogP contribution is 2.30. The minimum atomic E-state index is -1.06. The van der Waals surface area contributed by atoms with Gasteiger partial charge in [-0.1, -0.05) is 43.9 Å². The molecule has 8 nitrogen and oxygen atoms in total. The van der Waals surface area contributed by atoms with E-state index in [1.54, 1.807) is 11.0 Å². The number of carbonyl (C=O) groups is 3. The number of carbonyl (C=O) groups excluding carboxylic acids is 3. The van der Waals surface area contributed by atoms with E-state index < -0.39 is 5.54 Å². The second-order valence-corrected chi connectivity index (χ2v) is 10.3. The molecule has 3 amide bonds. The molecule has 1 aliphatic carbocycles. The maximum absolute atomic E-state index is 13.6. The Morgan fingerprint density at radius 3 is 2.40 bits per heavy atom. The predicted molar refractivity (Wildman–Crippen MR) is 136 cm³/mol. The average Bonchev–Trinajstić information content (AvgIpc) is 3.46. The zero-order valence-electron chi connectivity index (χ0n) is 21.5. The van der Waals surface area contributed by atoms with E-state index in [1.165, 1.54) is 4.68 Å². The summed E-state index contributed by atoms with van der Waals surface area (Å²) >= 11 is 0. The molecule has 1 aromatic heterocycles. The Bertz CT molecular complexity index is 1120. The van der Waals surface area contributed by atoms with E-state index in [0.717, 1.165) is 60.9 Å². The zero-order valence-corrected chi connectivity index (χ0v) is 21.5. The van der Waals surface area contributed by atoms with E-state index in [-0.39, 0.29) is 36.0 Å². The molecule has 2 aliphatic rings. The Kier molecular flexibility index (Phi) is 7.01. The summed E-state index contributed by atoms with van der Waals surface area (Å²) in [7, 11) is 0. The standard InChI is InChI=1S/C27H37N5O3/c1-6-7-12-31-25(34)22-15-21(24(33)29-23-18(3)13-17(2)14-19(23)4)30-32(22)16-27(31,5)26(35)28-20-10-8-9-11-20/h13-15,20H,6-12,16H2,1-5H3,(H,28,35)(H,29,33). The fourth-order valence-electron chi connectivity index (χ4n) is 5.38. The van der Waals surface area contributed by atoms with E-state index in [0.29, 0.717) is 12.2 Å². The number of nitrogens with one attached hydrogen (secondary N) is 2. The summed E-state index contributed by atoms with van der Waals surface area (Å²) in [4.78, 5) is 41.8. The van der Waals surface area contributed by atoms with Crippen molar-refractivity contribution in [2.45, 2.75) is 91.3 Å². The molecule has 0 radical (unpaired) electrons. The number of hydrogen-bond donors (Lipinski definition) is 2. The van der Waals surface area contributed by atoms with Gasteiger partial charge >= 0.3 is 0 Å². The number of rotatable bonds is 7. The molecule has 2 aromatic rings. The number of anilines is 1. The van der Waals surface area contributed by atoms with Gasteiger partial charge in [0.25, 0.3) is 11.8 Å². The second kappa shape index (κ2) is 9.84. The van der Waals surface area contributed by atoms with E-state index in [9.17, 15) is 14.4 Å². The van der Waals surface area contributed by atoms with Gasteiger partial charge in [0.05, 0.1) is 6.54 Å². The van der Waals surface area contributed by atoms with Crippen molar-refractivity contribution in [2.75, 3.05) is 11.9 Å². The summed E-state index contributed by atoms with van der Waals surface area (Å²) < 4.78 is 1.53. The quantitative estimate of drug-likeness (QED) is 0.624. The first-order valence-electron chi connectivity index (χ1n) is 12.7.